The Balaban J connectivity index is 2.38. The van der Waals surface area contributed by atoms with Crippen molar-refractivity contribution in [3.05, 3.63) is 63.7 Å². The van der Waals surface area contributed by atoms with Crippen molar-refractivity contribution in [1.82, 2.24) is 4.98 Å². The van der Waals surface area contributed by atoms with Crippen LogP contribution in [-0.2, 0) is 0 Å². The summed E-state index contributed by atoms with van der Waals surface area (Å²) in [6.45, 7) is 0. The van der Waals surface area contributed by atoms with Gasteiger partial charge >= 0.3 is 0 Å². The van der Waals surface area contributed by atoms with Crippen molar-refractivity contribution in [2.45, 2.75) is 0 Å². The number of hydrogen-bond acceptors (Lipinski definition) is 2. The smallest absolute Gasteiger partial charge is 0.249 e. The van der Waals surface area contributed by atoms with Gasteiger partial charge in [0.05, 0.1) is 10.5 Å². The number of pyridine rings is 1. The van der Waals surface area contributed by atoms with Crippen LogP contribution in [0, 0.1) is 5.82 Å². The second-order valence-corrected chi connectivity index (χ2v) is 4.81. The highest BCUT2D eigenvalue weighted by Gasteiger charge is 2.10. The molecular formula is C15H9ClFNO2. The molecule has 3 aromatic rings. The molecule has 0 spiro atoms. The summed E-state index contributed by atoms with van der Waals surface area (Å²) in [5, 5.41) is 10.4. The van der Waals surface area contributed by atoms with E-state index in [0.717, 1.165) is 5.39 Å². The number of nitrogens with one attached hydrogen (secondary N) is 1. The van der Waals surface area contributed by atoms with E-state index in [1.165, 1.54) is 36.4 Å². The van der Waals surface area contributed by atoms with E-state index in [-0.39, 0.29) is 16.3 Å². The van der Waals surface area contributed by atoms with Crippen molar-refractivity contribution in [2.24, 2.45) is 0 Å². The third-order valence-electron chi connectivity index (χ3n) is 3.05. The van der Waals surface area contributed by atoms with Crippen LogP contribution in [0.25, 0.3) is 22.0 Å². The first-order valence-corrected chi connectivity index (χ1v) is 6.24. The van der Waals surface area contributed by atoms with Gasteiger partial charge in [-0.05, 0) is 35.9 Å². The summed E-state index contributed by atoms with van der Waals surface area (Å²) in [5.41, 5.74) is 1.33. The second kappa shape index (κ2) is 4.65. The average Bonchev–Trinajstić information content (AvgIpc) is 2.37. The first-order valence-electron chi connectivity index (χ1n) is 5.86. The summed E-state index contributed by atoms with van der Waals surface area (Å²) in [6, 6.07) is 10.1. The number of aromatic amines is 1. The van der Waals surface area contributed by atoms with E-state index < -0.39 is 5.82 Å². The Hall–Kier alpha value is -2.33. The van der Waals surface area contributed by atoms with Gasteiger partial charge in [-0.15, -0.1) is 0 Å². The lowest BCUT2D eigenvalue weighted by atomic mass is 10.0. The molecular weight excluding hydrogens is 281 g/mol. The zero-order valence-corrected chi connectivity index (χ0v) is 10.9. The van der Waals surface area contributed by atoms with Crippen molar-refractivity contribution in [3.8, 4) is 16.9 Å². The van der Waals surface area contributed by atoms with Gasteiger partial charge in [-0.3, -0.25) is 4.79 Å². The molecule has 0 aliphatic carbocycles. The monoisotopic (exact) mass is 289 g/mol. The van der Waals surface area contributed by atoms with Gasteiger partial charge in [-0.25, -0.2) is 4.39 Å². The van der Waals surface area contributed by atoms with E-state index in [4.69, 9.17) is 11.6 Å². The van der Waals surface area contributed by atoms with Crippen molar-refractivity contribution >= 4 is 22.5 Å². The highest BCUT2D eigenvalue weighted by atomic mass is 35.5. The van der Waals surface area contributed by atoms with E-state index in [1.54, 1.807) is 6.07 Å². The Morgan fingerprint density at radius 3 is 2.60 bits per heavy atom. The highest BCUT2D eigenvalue weighted by Crippen LogP contribution is 2.33. The molecule has 2 N–H and O–H groups in total. The number of aromatic hydroxyl groups is 1. The summed E-state index contributed by atoms with van der Waals surface area (Å²) in [6.07, 6.45) is 0. The average molecular weight is 290 g/mol. The van der Waals surface area contributed by atoms with Crippen LogP contribution in [0.2, 0.25) is 5.02 Å². The third-order valence-corrected chi connectivity index (χ3v) is 3.36. The lowest BCUT2D eigenvalue weighted by Crippen LogP contribution is -2.04. The first-order chi connectivity index (χ1) is 9.54. The number of phenols is 1. The van der Waals surface area contributed by atoms with Crippen LogP contribution in [0.1, 0.15) is 0 Å². The minimum absolute atomic E-state index is 0.0514. The zero-order chi connectivity index (χ0) is 14.3. The van der Waals surface area contributed by atoms with E-state index in [9.17, 15) is 14.3 Å². The number of fused-ring (bicyclic) bond motifs is 1. The van der Waals surface area contributed by atoms with Crippen molar-refractivity contribution in [3.63, 3.8) is 0 Å². The van der Waals surface area contributed by atoms with Gasteiger partial charge in [0.15, 0.2) is 0 Å². The van der Waals surface area contributed by atoms with Crippen LogP contribution < -0.4 is 5.56 Å². The molecule has 1 aromatic heterocycles. The van der Waals surface area contributed by atoms with E-state index in [1.807, 2.05) is 0 Å². The molecule has 0 aliphatic heterocycles. The topological polar surface area (TPSA) is 53.1 Å². The van der Waals surface area contributed by atoms with Gasteiger partial charge in [-0.1, -0.05) is 11.6 Å². The number of benzene rings is 2. The fourth-order valence-electron chi connectivity index (χ4n) is 2.18. The standard InChI is InChI=1S/C15H9ClFNO2/c16-13-5-8(17)1-3-10(13)12-7-15(20)18-14-6-9(19)2-4-11(12)14/h1-7,19H,(H,18,20). The van der Waals surface area contributed by atoms with Gasteiger partial charge < -0.3 is 10.1 Å². The van der Waals surface area contributed by atoms with Crippen LogP contribution >= 0.6 is 11.6 Å². The Kier molecular flexibility index (Phi) is 2.95. The molecule has 0 bridgehead atoms. The maximum absolute atomic E-state index is 13.1. The molecule has 0 saturated carbocycles. The van der Waals surface area contributed by atoms with Gasteiger partial charge in [0, 0.05) is 23.1 Å². The van der Waals surface area contributed by atoms with Crippen molar-refractivity contribution in [1.29, 1.82) is 0 Å². The third kappa shape index (κ3) is 2.14. The van der Waals surface area contributed by atoms with Crippen LogP contribution in [0.3, 0.4) is 0 Å². The van der Waals surface area contributed by atoms with E-state index >= 15 is 0 Å². The Morgan fingerprint density at radius 2 is 1.85 bits per heavy atom. The summed E-state index contributed by atoms with van der Waals surface area (Å²) in [7, 11) is 0. The Labute approximate surface area is 118 Å². The molecule has 100 valence electrons. The molecule has 0 amide bonds. The Bertz CT molecular complexity index is 873. The number of hydrogen-bond donors (Lipinski definition) is 2. The minimum atomic E-state index is -0.439. The summed E-state index contributed by atoms with van der Waals surface area (Å²) in [5.74, 6) is -0.388. The molecule has 3 nitrogen and oxygen atoms in total. The fourth-order valence-corrected chi connectivity index (χ4v) is 2.45. The summed E-state index contributed by atoms with van der Waals surface area (Å²) >= 11 is 6.05. The lowest BCUT2D eigenvalue weighted by Gasteiger charge is -2.08. The molecule has 0 fully saturated rings. The Morgan fingerprint density at radius 1 is 1.05 bits per heavy atom. The first kappa shape index (κ1) is 12.7. The van der Waals surface area contributed by atoms with E-state index in [2.05, 4.69) is 4.98 Å². The normalized spacial score (nSPS) is 10.9. The van der Waals surface area contributed by atoms with Crippen LogP contribution in [0.4, 0.5) is 4.39 Å². The number of rotatable bonds is 1. The molecule has 20 heavy (non-hydrogen) atoms. The minimum Gasteiger partial charge on any atom is -0.508 e. The highest BCUT2D eigenvalue weighted by molar-refractivity contribution is 6.33. The number of phenolic OH excluding ortho intramolecular Hbond substituents is 1. The second-order valence-electron chi connectivity index (χ2n) is 4.40. The van der Waals surface area contributed by atoms with Crippen molar-refractivity contribution < 1.29 is 9.50 Å². The van der Waals surface area contributed by atoms with E-state index in [0.29, 0.717) is 16.6 Å². The predicted octanol–water partition coefficient (Wildman–Crippen LogP) is 3.69. The summed E-state index contributed by atoms with van der Waals surface area (Å²) in [4.78, 5) is 14.4. The summed E-state index contributed by atoms with van der Waals surface area (Å²) < 4.78 is 13.1. The molecule has 0 aliphatic rings. The number of H-pyrrole nitrogens is 1. The largest absolute Gasteiger partial charge is 0.508 e. The molecule has 0 atom stereocenters. The molecule has 0 unspecified atom stereocenters. The SMILES string of the molecule is O=c1cc(-c2ccc(F)cc2Cl)c2ccc(O)cc2[nH]1. The van der Waals surface area contributed by atoms with Gasteiger partial charge in [-0.2, -0.15) is 0 Å². The quantitative estimate of drug-likeness (QED) is 0.718. The molecule has 2 aromatic carbocycles. The van der Waals surface area contributed by atoms with Crippen LogP contribution in [-0.4, -0.2) is 10.1 Å². The van der Waals surface area contributed by atoms with Crippen LogP contribution in [0.15, 0.2) is 47.3 Å². The van der Waals surface area contributed by atoms with Gasteiger partial charge in [0.1, 0.15) is 11.6 Å². The van der Waals surface area contributed by atoms with Gasteiger partial charge in [0.25, 0.3) is 0 Å². The molecule has 0 saturated heterocycles. The van der Waals surface area contributed by atoms with Crippen LogP contribution in [0.5, 0.6) is 5.75 Å². The van der Waals surface area contributed by atoms with Crippen molar-refractivity contribution in [2.75, 3.05) is 0 Å². The predicted molar refractivity (Wildman–Crippen MR) is 76.6 cm³/mol. The molecule has 0 radical (unpaired) electrons. The maximum Gasteiger partial charge on any atom is 0.249 e. The van der Waals surface area contributed by atoms with Gasteiger partial charge in [0.2, 0.25) is 5.56 Å². The number of aromatic nitrogens is 1. The fraction of sp³-hybridized carbons (Fsp3) is 0. The maximum atomic E-state index is 13.1. The zero-order valence-electron chi connectivity index (χ0n) is 10.2. The molecule has 1 heterocycles. The number of halogens is 2. The lowest BCUT2D eigenvalue weighted by molar-refractivity contribution is 0.476. The molecule has 5 heteroatoms. The molecule has 3 rings (SSSR count).